The second kappa shape index (κ2) is 20.6. The molecule has 0 fully saturated rings. The van der Waals surface area contributed by atoms with Gasteiger partial charge in [0.25, 0.3) is 0 Å². The lowest BCUT2D eigenvalue weighted by atomic mass is 10.1. The van der Waals surface area contributed by atoms with E-state index in [1.165, 1.54) is 108 Å². The summed E-state index contributed by atoms with van der Waals surface area (Å²) in [5.74, 6) is 2.70. The molecular weight excluding hydrogens is 789 g/mol. The van der Waals surface area contributed by atoms with Crippen molar-refractivity contribution >= 4 is 45.6 Å². The smallest absolute Gasteiger partial charge is 0.411 e. The van der Waals surface area contributed by atoms with Crippen molar-refractivity contribution in [3.8, 4) is 46.0 Å². The van der Waals surface area contributed by atoms with Crippen molar-refractivity contribution < 1.29 is 65.4 Å². The molecule has 2 amide bonds. The Balaban J connectivity index is 2.10. The lowest BCUT2D eigenvalue weighted by molar-refractivity contribution is 0.186. The van der Waals surface area contributed by atoms with E-state index in [0.717, 1.165) is 0 Å². The quantitative estimate of drug-likeness (QED) is 0.0992. The van der Waals surface area contributed by atoms with E-state index in [-0.39, 0.29) is 34.0 Å². The lowest BCUT2D eigenvalue weighted by Gasteiger charge is -2.24. The zero-order chi connectivity index (χ0) is 43.3. The van der Waals surface area contributed by atoms with Gasteiger partial charge >= 0.3 is 12.2 Å². The largest absolute Gasteiger partial charge is 0.496 e. The van der Waals surface area contributed by atoms with Crippen LogP contribution in [-0.4, -0.2) is 91.7 Å². The van der Waals surface area contributed by atoms with Crippen LogP contribution in [0.15, 0.2) is 72.8 Å². The Kier molecular flexibility index (Phi) is 15.7. The van der Waals surface area contributed by atoms with Gasteiger partial charge in [-0.15, -0.1) is 0 Å². The minimum atomic E-state index is -4.51. The number of anilines is 2. The van der Waals surface area contributed by atoms with E-state index in [2.05, 4.69) is 10.6 Å². The van der Waals surface area contributed by atoms with Crippen molar-refractivity contribution in [3.63, 3.8) is 0 Å². The van der Waals surface area contributed by atoms with Gasteiger partial charge in [0.2, 0.25) is 0 Å². The van der Waals surface area contributed by atoms with Crippen molar-refractivity contribution in [1.29, 1.82) is 0 Å². The van der Waals surface area contributed by atoms with Gasteiger partial charge in [-0.25, -0.2) is 18.0 Å². The maximum Gasteiger partial charge on any atom is 0.411 e. The Morgan fingerprint density at radius 2 is 0.797 bits per heavy atom. The van der Waals surface area contributed by atoms with Gasteiger partial charge in [0.1, 0.15) is 56.5 Å². The molecule has 17 heteroatoms. The molecule has 316 valence electrons. The number of carbonyl (C=O) groups is 2. The number of benzene rings is 4. The Labute approximate surface area is 343 Å². The highest BCUT2D eigenvalue weighted by molar-refractivity contribution is 7.92. The number of ether oxygens (including phenoxy) is 10. The maximum atomic E-state index is 15.6. The summed E-state index contributed by atoms with van der Waals surface area (Å²) in [7, 11) is 9.50. The minimum absolute atomic E-state index is 0.138. The number of hydrogen-bond acceptors (Lipinski definition) is 14. The first kappa shape index (κ1) is 45.0. The van der Waals surface area contributed by atoms with Crippen LogP contribution in [0.5, 0.6) is 46.0 Å². The molecule has 0 aromatic heterocycles. The van der Waals surface area contributed by atoms with Crippen molar-refractivity contribution in [3.05, 3.63) is 95.1 Å². The number of rotatable bonds is 18. The SMILES string of the molecule is COC(=O)Nc1cc(C(C=Cc2c(OC)cc(OC)cc2OC)S(=O)(=O)C(C=Cc2c(OC)cc(OC)cc2OC)c2ccc(OC)c(NC(=O)OC)c2)ccc1OC. The molecule has 4 aromatic carbocycles. The fourth-order valence-corrected chi connectivity index (χ4v) is 8.03. The van der Waals surface area contributed by atoms with Crippen LogP contribution in [0.25, 0.3) is 12.2 Å². The fourth-order valence-electron chi connectivity index (χ4n) is 6.06. The van der Waals surface area contributed by atoms with Gasteiger partial charge in [0, 0.05) is 24.3 Å². The van der Waals surface area contributed by atoms with Crippen molar-refractivity contribution in [1.82, 2.24) is 0 Å². The van der Waals surface area contributed by atoms with E-state index in [9.17, 15) is 9.59 Å². The lowest BCUT2D eigenvalue weighted by Crippen LogP contribution is -2.20. The first-order valence-electron chi connectivity index (χ1n) is 17.6. The van der Waals surface area contributed by atoms with Gasteiger partial charge in [-0.2, -0.15) is 0 Å². The second-order valence-electron chi connectivity index (χ2n) is 12.2. The van der Waals surface area contributed by atoms with E-state index >= 15 is 8.42 Å². The predicted octanol–water partition coefficient (Wildman–Crippen LogP) is 7.74. The number of hydrogen-bond donors (Lipinski definition) is 2. The first-order valence-corrected chi connectivity index (χ1v) is 19.2. The standard InChI is InChI=1S/C42H48N2O14S/c1-49-27-21-35(53-5)29(36(22-27)54-6)13-17-39(25-11-15-33(51-3)31(19-25)43-41(45)57-9)59(47,48)40(26-12-16-34(52-4)32(20-26)44-42(46)58-10)18-14-30-37(55-7)23-28(50-2)24-38(30)56-8/h11-24,39-40H,1-10H3,(H,43,45)(H,44,46). The molecule has 4 aromatic rings. The van der Waals surface area contributed by atoms with Gasteiger partial charge in [0.05, 0.1) is 93.6 Å². The average molecular weight is 837 g/mol. The zero-order valence-electron chi connectivity index (χ0n) is 34.4. The Hall–Kier alpha value is -6.75. The van der Waals surface area contributed by atoms with Crippen LogP contribution < -0.4 is 48.5 Å². The van der Waals surface area contributed by atoms with Crippen LogP contribution in [0.2, 0.25) is 0 Å². The molecule has 0 saturated heterocycles. The molecule has 0 saturated carbocycles. The summed E-state index contributed by atoms with van der Waals surface area (Å²) < 4.78 is 85.3. The molecule has 2 N–H and O–H groups in total. The molecule has 2 unspecified atom stereocenters. The van der Waals surface area contributed by atoms with Gasteiger partial charge in [0.15, 0.2) is 9.84 Å². The fraction of sp³-hybridized carbons (Fsp3) is 0.286. The molecule has 2 atom stereocenters. The van der Waals surface area contributed by atoms with Gasteiger partial charge in [-0.3, -0.25) is 10.6 Å². The Morgan fingerprint density at radius 3 is 1.07 bits per heavy atom. The molecule has 0 aliphatic carbocycles. The Bertz CT molecular complexity index is 2090. The number of amides is 2. The summed E-state index contributed by atoms with van der Waals surface area (Å²) in [6, 6.07) is 15.6. The maximum absolute atomic E-state index is 15.6. The average Bonchev–Trinajstić information content (AvgIpc) is 3.25. The van der Waals surface area contributed by atoms with Crippen LogP contribution in [0.3, 0.4) is 0 Å². The summed E-state index contributed by atoms with van der Waals surface area (Å²) >= 11 is 0. The van der Waals surface area contributed by atoms with Crippen LogP contribution in [0.4, 0.5) is 21.0 Å². The molecule has 16 nitrogen and oxygen atoms in total. The third-order valence-electron chi connectivity index (χ3n) is 9.04. The summed E-state index contributed by atoms with van der Waals surface area (Å²) in [6.07, 6.45) is 4.44. The molecule has 0 radical (unpaired) electrons. The van der Waals surface area contributed by atoms with Crippen molar-refractivity contribution in [2.45, 2.75) is 10.5 Å². The summed E-state index contributed by atoms with van der Waals surface area (Å²) in [6.45, 7) is 0. The zero-order valence-corrected chi connectivity index (χ0v) is 35.2. The molecule has 0 aliphatic heterocycles. The van der Waals surface area contributed by atoms with Crippen LogP contribution in [-0.2, 0) is 19.3 Å². The van der Waals surface area contributed by atoms with Crippen molar-refractivity contribution in [2.75, 3.05) is 81.7 Å². The molecule has 0 aliphatic rings. The molecular formula is C42H48N2O14S. The third kappa shape index (κ3) is 10.4. The summed E-state index contributed by atoms with van der Waals surface area (Å²) in [4.78, 5) is 24.9. The molecule has 0 spiro atoms. The van der Waals surface area contributed by atoms with Crippen LogP contribution in [0, 0.1) is 0 Å². The normalized spacial score (nSPS) is 12.2. The Morgan fingerprint density at radius 1 is 0.475 bits per heavy atom. The highest BCUT2D eigenvalue weighted by Gasteiger charge is 2.35. The van der Waals surface area contributed by atoms with Gasteiger partial charge in [-0.05, 0) is 47.5 Å². The molecule has 59 heavy (non-hydrogen) atoms. The van der Waals surface area contributed by atoms with E-state index in [1.807, 2.05) is 0 Å². The molecule has 0 heterocycles. The van der Waals surface area contributed by atoms with Crippen LogP contribution in [0.1, 0.15) is 32.8 Å². The monoisotopic (exact) mass is 836 g/mol. The van der Waals surface area contributed by atoms with E-state index in [1.54, 1.807) is 48.6 Å². The number of carbonyl (C=O) groups excluding carboxylic acids is 2. The predicted molar refractivity (Wildman–Crippen MR) is 223 cm³/mol. The number of nitrogens with one attached hydrogen (secondary N) is 2. The third-order valence-corrected chi connectivity index (χ3v) is 11.3. The molecule has 0 bridgehead atoms. The summed E-state index contributed by atoms with van der Waals surface area (Å²) in [5, 5.41) is 2.26. The highest BCUT2D eigenvalue weighted by Crippen LogP contribution is 2.44. The van der Waals surface area contributed by atoms with E-state index in [4.69, 9.17) is 47.4 Å². The molecule has 4 rings (SSSR count). The topological polar surface area (TPSA) is 185 Å². The second-order valence-corrected chi connectivity index (χ2v) is 14.4. The van der Waals surface area contributed by atoms with E-state index < -0.39 is 32.5 Å². The van der Waals surface area contributed by atoms with E-state index in [0.29, 0.717) is 45.6 Å². The van der Waals surface area contributed by atoms with Gasteiger partial charge < -0.3 is 47.4 Å². The highest BCUT2D eigenvalue weighted by atomic mass is 32.2. The van der Waals surface area contributed by atoms with Gasteiger partial charge in [-0.1, -0.05) is 24.3 Å². The number of methoxy groups -OCH3 is 10. The van der Waals surface area contributed by atoms with Crippen molar-refractivity contribution in [2.24, 2.45) is 0 Å². The van der Waals surface area contributed by atoms with Crippen LogP contribution >= 0.6 is 0 Å². The summed E-state index contributed by atoms with van der Waals surface area (Å²) in [5.41, 5.74) is 1.54. The number of sulfone groups is 1. The first-order chi connectivity index (χ1) is 28.4. The minimum Gasteiger partial charge on any atom is -0.496 e.